The third-order valence-electron chi connectivity index (χ3n) is 2.64. The summed E-state index contributed by atoms with van der Waals surface area (Å²) in [4.78, 5) is 0. The van der Waals surface area contributed by atoms with Gasteiger partial charge in [-0.15, -0.1) is 0 Å². The van der Waals surface area contributed by atoms with Crippen LogP contribution in [0, 0.1) is 0 Å². The van der Waals surface area contributed by atoms with Crippen LogP contribution < -0.4 is 10.5 Å². The Balaban J connectivity index is 2.33. The van der Waals surface area contributed by atoms with Crippen molar-refractivity contribution in [3.63, 3.8) is 0 Å². The van der Waals surface area contributed by atoms with Crippen molar-refractivity contribution in [2.45, 2.75) is 6.42 Å². The zero-order valence-corrected chi connectivity index (χ0v) is 10.9. The first-order valence-electron chi connectivity index (χ1n) is 5.99. The first kappa shape index (κ1) is 12.9. The lowest BCUT2D eigenvalue weighted by atomic mass is 10.0. The maximum atomic E-state index is 6.27. The van der Waals surface area contributed by atoms with Crippen LogP contribution in [0.2, 0.25) is 5.02 Å². The zero-order chi connectivity index (χ0) is 12.8. The van der Waals surface area contributed by atoms with Crippen LogP contribution in [0.3, 0.4) is 0 Å². The number of halogens is 1. The molecular formula is C15H16ClNO. The summed E-state index contributed by atoms with van der Waals surface area (Å²) in [5.41, 5.74) is 7.47. The largest absolute Gasteiger partial charge is 0.493 e. The van der Waals surface area contributed by atoms with Crippen LogP contribution in [0.1, 0.15) is 6.42 Å². The third kappa shape index (κ3) is 3.03. The molecule has 0 saturated carbocycles. The number of rotatable bonds is 5. The van der Waals surface area contributed by atoms with Gasteiger partial charge >= 0.3 is 0 Å². The average molecular weight is 262 g/mol. The van der Waals surface area contributed by atoms with Crippen molar-refractivity contribution in [3.05, 3.63) is 53.6 Å². The summed E-state index contributed by atoms with van der Waals surface area (Å²) in [5, 5.41) is 0.700. The molecule has 0 amide bonds. The molecule has 0 heterocycles. The van der Waals surface area contributed by atoms with Crippen molar-refractivity contribution in [1.82, 2.24) is 0 Å². The number of hydrogen-bond donors (Lipinski definition) is 1. The summed E-state index contributed by atoms with van der Waals surface area (Å²) in [6.45, 7) is 1.23. The van der Waals surface area contributed by atoms with E-state index in [1.54, 1.807) is 0 Å². The van der Waals surface area contributed by atoms with Crippen molar-refractivity contribution >= 4 is 11.6 Å². The van der Waals surface area contributed by atoms with Gasteiger partial charge in [0.1, 0.15) is 5.75 Å². The molecular weight excluding hydrogens is 246 g/mol. The Hall–Kier alpha value is -1.51. The summed E-state index contributed by atoms with van der Waals surface area (Å²) in [6.07, 6.45) is 0.834. The smallest absolute Gasteiger partial charge is 0.128 e. The van der Waals surface area contributed by atoms with E-state index in [9.17, 15) is 0 Å². The Morgan fingerprint density at radius 1 is 1.00 bits per heavy atom. The molecule has 3 heteroatoms. The highest BCUT2D eigenvalue weighted by Gasteiger charge is 2.10. The van der Waals surface area contributed by atoms with Gasteiger partial charge in [0.15, 0.2) is 0 Å². The lowest BCUT2D eigenvalue weighted by Gasteiger charge is -2.12. The minimum Gasteiger partial charge on any atom is -0.493 e. The molecule has 0 radical (unpaired) electrons. The predicted molar refractivity (Wildman–Crippen MR) is 76.1 cm³/mol. The molecule has 2 aromatic rings. The molecule has 2 N–H and O–H groups in total. The van der Waals surface area contributed by atoms with E-state index in [2.05, 4.69) is 0 Å². The second-order valence-electron chi connectivity index (χ2n) is 3.97. The van der Waals surface area contributed by atoms with Crippen molar-refractivity contribution < 1.29 is 4.74 Å². The minimum absolute atomic E-state index is 0.608. The second kappa shape index (κ2) is 6.43. The third-order valence-corrected chi connectivity index (χ3v) is 2.96. The summed E-state index contributed by atoms with van der Waals surface area (Å²) in [6, 6.07) is 15.7. The number of hydrogen-bond acceptors (Lipinski definition) is 2. The maximum Gasteiger partial charge on any atom is 0.128 e. The van der Waals surface area contributed by atoms with E-state index in [1.807, 2.05) is 48.5 Å². The zero-order valence-electron chi connectivity index (χ0n) is 10.1. The maximum absolute atomic E-state index is 6.27. The molecule has 2 rings (SSSR count). The highest BCUT2D eigenvalue weighted by Crippen LogP contribution is 2.36. The summed E-state index contributed by atoms with van der Waals surface area (Å²) >= 11 is 6.27. The van der Waals surface area contributed by atoms with Gasteiger partial charge in [0.25, 0.3) is 0 Å². The molecule has 2 nitrogen and oxygen atoms in total. The van der Waals surface area contributed by atoms with Crippen LogP contribution >= 0.6 is 11.6 Å². The van der Waals surface area contributed by atoms with Crippen LogP contribution in [-0.2, 0) is 0 Å². The number of nitrogens with two attached hydrogens (primary N) is 1. The normalized spacial score (nSPS) is 10.3. The molecule has 94 valence electrons. The van der Waals surface area contributed by atoms with Crippen LogP contribution in [0.25, 0.3) is 11.1 Å². The highest BCUT2D eigenvalue weighted by molar-refractivity contribution is 6.33. The molecule has 0 atom stereocenters. The standard InChI is InChI=1S/C15H16ClNO/c16-13-8-4-9-14(18-11-5-10-17)15(13)12-6-2-1-3-7-12/h1-4,6-9H,5,10-11,17H2. The summed E-state index contributed by atoms with van der Waals surface area (Å²) in [5.74, 6) is 0.808. The monoisotopic (exact) mass is 261 g/mol. The molecule has 0 unspecified atom stereocenters. The second-order valence-corrected chi connectivity index (χ2v) is 4.38. The highest BCUT2D eigenvalue weighted by atomic mass is 35.5. The summed E-state index contributed by atoms with van der Waals surface area (Å²) in [7, 11) is 0. The van der Waals surface area contributed by atoms with Crippen molar-refractivity contribution in [2.24, 2.45) is 5.73 Å². The van der Waals surface area contributed by atoms with E-state index < -0.39 is 0 Å². The molecule has 0 spiro atoms. The fraction of sp³-hybridized carbons (Fsp3) is 0.200. The fourth-order valence-electron chi connectivity index (χ4n) is 1.78. The molecule has 0 aliphatic rings. The van der Waals surface area contributed by atoms with Crippen molar-refractivity contribution in [1.29, 1.82) is 0 Å². The minimum atomic E-state index is 0.608. The van der Waals surface area contributed by atoms with Crippen LogP contribution in [-0.4, -0.2) is 13.2 Å². The quantitative estimate of drug-likeness (QED) is 0.833. The van der Waals surface area contributed by atoms with Gasteiger partial charge in [-0.2, -0.15) is 0 Å². The van der Waals surface area contributed by atoms with E-state index in [-0.39, 0.29) is 0 Å². The van der Waals surface area contributed by atoms with E-state index in [0.29, 0.717) is 18.2 Å². The Morgan fingerprint density at radius 2 is 1.78 bits per heavy atom. The molecule has 0 aliphatic carbocycles. The average Bonchev–Trinajstić information content (AvgIpc) is 2.40. The Bertz CT molecular complexity index is 499. The van der Waals surface area contributed by atoms with Gasteiger partial charge in [0.05, 0.1) is 11.6 Å². The lowest BCUT2D eigenvalue weighted by molar-refractivity contribution is 0.314. The van der Waals surface area contributed by atoms with E-state index in [0.717, 1.165) is 23.3 Å². The van der Waals surface area contributed by atoms with Gasteiger partial charge in [0.2, 0.25) is 0 Å². The molecule has 18 heavy (non-hydrogen) atoms. The van der Waals surface area contributed by atoms with E-state index in [4.69, 9.17) is 22.1 Å². The molecule has 0 aliphatic heterocycles. The van der Waals surface area contributed by atoms with Crippen molar-refractivity contribution in [3.8, 4) is 16.9 Å². The predicted octanol–water partition coefficient (Wildman–Crippen LogP) is 3.73. The SMILES string of the molecule is NCCCOc1cccc(Cl)c1-c1ccccc1. The lowest BCUT2D eigenvalue weighted by Crippen LogP contribution is -2.06. The van der Waals surface area contributed by atoms with Crippen molar-refractivity contribution in [2.75, 3.05) is 13.2 Å². The Labute approximate surface area is 112 Å². The van der Waals surface area contributed by atoms with Gasteiger partial charge in [0, 0.05) is 5.56 Å². The van der Waals surface area contributed by atoms with Gasteiger partial charge < -0.3 is 10.5 Å². The van der Waals surface area contributed by atoms with E-state index >= 15 is 0 Å². The van der Waals surface area contributed by atoms with Crippen LogP contribution in [0.5, 0.6) is 5.75 Å². The van der Waals surface area contributed by atoms with E-state index in [1.165, 1.54) is 0 Å². The first-order valence-corrected chi connectivity index (χ1v) is 6.37. The molecule has 0 aromatic heterocycles. The Kier molecular flexibility index (Phi) is 4.62. The molecule has 2 aromatic carbocycles. The fourth-order valence-corrected chi connectivity index (χ4v) is 2.05. The summed E-state index contributed by atoms with van der Waals surface area (Å²) < 4.78 is 5.75. The van der Waals surface area contributed by atoms with Gasteiger partial charge in [-0.05, 0) is 30.7 Å². The van der Waals surface area contributed by atoms with Gasteiger partial charge in [-0.25, -0.2) is 0 Å². The molecule has 0 saturated heterocycles. The number of benzene rings is 2. The topological polar surface area (TPSA) is 35.2 Å². The Morgan fingerprint density at radius 3 is 2.50 bits per heavy atom. The van der Waals surface area contributed by atoms with Crippen LogP contribution in [0.4, 0.5) is 0 Å². The van der Waals surface area contributed by atoms with Crippen LogP contribution in [0.15, 0.2) is 48.5 Å². The first-order chi connectivity index (χ1) is 8.83. The van der Waals surface area contributed by atoms with Gasteiger partial charge in [-0.1, -0.05) is 48.0 Å². The molecule has 0 bridgehead atoms. The van der Waals surface area contributed by atoms with Gasteiger partial charge in [-0.3, -0.25) is 0 Å². The number of ether oxygens (including phenoxy) is 1. The molecule has 0 fully saturated rings.